The van der Waals surface area contributed by atoms with Crippen molar-refractivity contribution in [3.63, 3.8) is 0 Å². The molecule has 14 nitrogen and oxygen atoms in total. The zero-order valence-corrected chi connectivity index (χ0v) is 43.3. The number of hydrogen-bond donors (Lipinski definition) is 7. The number of aryl methyl sites for hydroxylation is 3. The van der Waals surface area contributed by atoms with Gasteiger partial charge in [-0.15, -0.1) is 0 Å². The van der Waals surface area contributed by atoms with Gasteiger partial charge < -0.3 is 68.9 Å². The summed E-state index contributed by atoms with van der Waals surface area (Å²) in [6, 6.07) is 36.1. The van der Waals surface area contributed by atoms with E-state index in [4.69, 9.17) is 33.2 Å². The molecule has 12 atom stereocenters. The second kappa shape index (κ2) is 21.9. The molecule has 76 heavy (non-hydrogen) atoms. The summed E-state index contributed by atoms with van der Waals surface area (Å²) in [7, 11) is 0. The molecule has 6 aromatic carbocycles. The molecule has 402 valence electrons. The summed E-state index contributed by atoms with van der Waals surface area (Å²) in [6.07, 6.45) is -11.9. The molecule has 0 radical (unpaired) electrons. The minimum atomic E-state index is -1.58. The predicted octanol–water partition coefficient (Wildman–Crippen LogP) is 6.70. The van der Waals surface area contributed by atoms with Crippen molar-refractivity contribution >= 4 is 0 Å². The largest absolute Gasteiger partial charge is 0.490 e. The molecule has 0 saturated carbocycles. The van der Waals surface area contributed by atoms with Crippen LogP contribution in [0.5, 0.6) is 17.2 Å². The summed E-state index contributed by atoms with van der Waals surface area (Å²) in [6.45, 7) is 10.1. The third-order valence-electron chi connectivity index (χ3n) is 15.9. The second-order valence-corrected chi connectivity index (χ2v) is 21.3. The molecule has 2 unspecified atom stereocenters. The lowest BCUT2D eigenvalue weighted by Crippen LogP contribution is -2.55. The van der Waals surface area contributed by atoms with Crippen molar-refractivity contribution in [3.8, 4) is 17.2 Å². The molecular weight excluding hydrogens is 976 g/mol. The lowest BCUT2D eigenvalue weighted by atomic mass is 9.89. The second-order valence-electron chi connectivity index (χ2n) is 21.3. The average Bonchev–Trinajstić information content (AvgIpc) is 3.97. The van der Waals surface area contributed by atoms with E-state index in [1.54, 1.807) is 19.1 Å². The highest BCUT2D eigenvalue weighted by atomic mass is 19.1. The SMILES string of the molecule is Cc1ccc([C@@H]2O[C@H](CO)[C@@H](O)[C@H](O)[C@H]2O)cc1Cc1ccc(OCC2(C)OCc3ccc(OC[C@H]4O[C@@H](c5ccc(C)c(Cc6ccc(OCC7(C)OCc8c(C)cccc87)cc6)c5)[C@H](O)[C@@H](O)[C@@H]4O)c(F)c32)cc1. The number of halogens is 1. The van der Waals surface area contributed by atoms with Gasteiger partial charge in [0.25, 0.3) is 0 Å². The first kappa shape index (κ1) is 53.6. The fourth-order valence-electron chi connectivity index (χ4n) is 11.0. The van der Waals surface area contributed by atoms with Crippen molar-refractivity contribution in [3.05, 3.63) is 193 Å². The molecule has 15 heteroatoms. The Morgan fingerprint density at radius 2 is 1.08 bits per heavy atom. The molecule has 0 aliphatic carbocycles. The van der Waals surface area contributed by atoms with Crippen LogP contribution in [0.3, 0.4) is 0 Å². The fraction of sp³-hybridized carbons (Fsp3) is 0.410. The molecule has 2 saturated heterocycles. The summed E-state index contributed by atoms with van der Waals surface area (Å²) in [5.74, 6) is 0.501. The number of rotatable bonds is 16. The Kier molecular flexibility index (Phi) is 15.5. The van der Waals surface area contributed by atoms with Crippen molar-refractivity contribution in [1.29, 1.82) is 0 Å². The summed E-state index contributed by atoms with van der Waals surface area (Å²) < 4.78 is 59.5. The highest BCUT2D eigenvalue weighted by Gasteiger charge is 2.47. The maximum atomic E-state index is 16.6. The topological polar surface area (TPSA) is 206 Å². The predicted molar refractivity (Wildman–Crippen MR) is 278 cm³/mol. The van der Waals surface area contributed by atoms with Crippen molar-refractivity contribution < 1.29 is 73.3 Å². The van der Waals surface area contributed by atoms with Gasteiger partial charge in [0.2, 0.25) is 0 Å². The zero-order chi connectivity index (χ0) is 53.6. The van der Waals surface area contributed by atoms with E-state index in [-0.39, 0.29) is 31.1 Å². The van der Waals surface area contributed by atoms with Gasteiger partial charge in [0.1, 0.15) is 104 Å². The Balaban J connectivity index is 0.756. The van der Waals surface area contributed by atoms with Gasteiger partial charge in [0.15, 0.2) is 11.6 Å². The summed E-state index contributed by atoms with van der Waals surface area (Å²) in [5, 5.41) is 74.5. The van der Waals surface area contributed by atoms with Crippen LogP contribution in [0.4, 0.5) is 4.39 Å². The van der Waals surface area contributed by atoms with E-state index in [1.807, 2.05) is 98.8 Å². The van der Waals surface area contributed by atoms with Crippen LogP contribution in [0.2, 0.25) is 0 Å². The maximum absolute atomic E-state index is 16.6. The highest BCUT2D eigenvalue weighted by molar-refractivity contribution is 5.45. The number of ether oxygens (including phenoxy) is 7. The van der Waals surface area contributed by atoms with Gasteiger partial charge in [-0.1, -0.05) is 84.9 Å². The summed E-state index contributed by atoms with van der Waals surface area (Å²) in [5.41, 5.74) is 9.88. The molecule has 0 amide bonds. The molecule has 0 aromatic heterocycles. The fourth-order valence-corrected chi connectivity index (χ4v) is 11.0. The molecule has 4 heterocycles. The lowest BCUT2D eigenvalue weighted by molar-refractivity contribution is -0.231. The van der Waals surface area contributed by atoms with E-state index in [2.05, 4.69) is 26.0 Å². The van der Waals surface area contributed by atoms with E-state index < -0.39 is 84.7 Å². The minimum absolute atomic E-state index is 0.0284. The van der Waals surface area contributed by atoms with Crippen LogP contribution in [0, 0.1) is 26.6 Å². The first-order chi connectivity index (χ1) is 36.4. The van der Waals surface area contributed by atoms with Crippen LogP contribution in [-0.2, 0) is 56.2 Å². The molecule has 10 rings (SSSR count). The van der Waals surface area contributed by atoms with Crippen LogP contribution < -0.4 is 14.2 Å². The third kappa shape index (κ3) is 10.6. The molecule has 0 bridgehead atoms. The van der Waals surface area contributed by atoms with Crippen LogP contribution in [0.15, 0.2) is 115 Å². The number of hydrogen-bond acceptors (Lipinski definition) is 14. The van der Waals surface area contributed by atoms with Crippen LogP contribution in [0.25, 0.3) is 0 Å². The normalized spacial score (nSPS) is 29.0. The summed E-state index contributed by atoms with van der Waals surface area (Å²) >= 11 is 0. The van der Waals surface area contributed by atoms with Gasteiger partial charge in [-0.25, -0.2) is 4.39 Å². The van der Waals surface area contributed by atoms with E-state index in [0.717, 1.165) is 44.7 Å². The Morgan fingerprint density at radius 1 is 0.553 bits per heavy atom. The van der Waals surface area contributed by atoms with E-state index in [9.17, 15) is 35.7 Å². The number of aliphatic hydroxyl groups excluding tert-OH is 7. The Bertz CT molecular complexity index is 3020. The maximum Gasteiger partial charge on any atom is 0.171 e. The number of aliphatic hydroxyl groups is 7. The smallest absolute Gasteiger partial charge is 0.171 e. The lowest BCUT2D eigenvalue weighted by Gasteiger charge is -2.41. The van der Waals surface area contributed by atoms with E-state index in [0.29, 0.717) is 48.5 Å². The standard InChI is InChI=1S/C61H67FO14/c1-33-9-15-38(58-56(68)54(66)52(64)48(27-63)75-58)25-41(33)23-37-13-20-44(21-14-37)72-32-61(5)50-40(28-73-61)17-22-47(51(50)62)70-30-49-53(65)55(67)57(69)59(76-49)39-16-10-34(2)42(26-39)24-36-11-18-43(19-12-36)71-31-60(4)46-8-6-7-35(3)45(46)29-74-60/h6-22,25-26,48-49,52-59,63-69H,23-24,27-32H2,1-5H3/t48-,49-,52-,53-,54+,55+,56-,57-,58+,59+,60?,61?/m1/s1. The molecule has 4 aliphatic heterocycles. The molecule has 2 fully saturated rings. The highest BCUT2D eigenvalue weighted by Crippen LogP contribution is 2.43. The molecular formula is C61H67FO14. The first-order valence-corrected chi connectivity index (χ1v) is 25.9. The third-order valence-corrected chi connectivity index (χ3v) is 15.9. The van der Waals surface area contributed by atoms with Crippen LogP contribution in [-0.4, -0.2) is 111 Å². The molecule has 6 aromatic rings. The minimum Gasteiger partial charge on any atom is -0.490 e. The van der Waals surface area contributed by atoms with Crippen molar-refractivity contribution in [2.45, 2.75) is 133 Å². The number of benzene rings is 6. The zero-order valence-electron chi connectivity index (χ0n) is 43.3. The van der Waals surface area contributed by atoms with Crippen LogP contribution in [0.1, 0.15) is 98.4 Å². The van der Waals surface area contributed by atoms with E-state index >= 15 is 4.39 Å². The van der Waals surface area contributed by atoms with Gasteiger partial charge in [-0.2, -0.15) is 0 Å². The van der Waals surface area contributed by atoms with Crippen molar-refractivity contribution in [2.24, 2.45) is 0 Å². The van der Waals surface area contributed by atoms with E-state index in [1.165, 1.54) is 17.2 Å². The van der Waals surface area contributed by atoms with Gasteiger partial charge >= 0.3 is 0 Å². The average molecular weight is 1040 g/mol. The summed E-state index contributed by atoms with van der Waals surface area (Å²) in [4.78, 5) is 0. The number of fused-ring (bicyclic) bond motifs is 2. The van der Waals surface area contributed by atoms with Crippen LogP contribution >= 0.6 is 0 Å². The Morgan fingerprint density at radius 3 is 1.64 bits per heavy atom. The van der Waals surface area contributed by atoms with Gasteiger partial charge in [0, 0.05) is 5.56 Å². The molecule has 7 N–H and O–H groups in total. The first-order valence-electron chi connectivity index (χ1n) is 25.9. The Hall–Kier alpha value is -5.79. The molecule has 0 spiro atoms. The quantitative estimate of drug-likeness (QED) is 0.0539. The van der Waals surface area contributed by atoms with Gasteiger partial charge in [-0.3, -0.25) is 0 Å². The van der Waals surface area contributed by atoms with Crippen molar-refractivity contribution in [2.75, 3.05) is 26.4 Å². The monoisotopic (exact) mass is 1040 g/mol. The Labute approximate surface area is 441 Å². The van der Waals surface area contributed by atoms with Crippen molar-refractivity contribution in [1.82, 2.24) is 0 Å². The van der Waals surface area contributed by atoms with Gasteiger partial charge in [-0.05, 0) is 145 Å². The van der Waals surface area contributed by atoms with Gasteiger partial charge in [0.05, 0.1) is 19.8 Å². The molecule has 4 aliphatic rings.